The number of carbonyl (C=O) groups is 6. The van der Waals surface area contributed by atoms with Gasteiger partial charge in [-0.05, 0) is 49.9 Å². The summed E-state index contributed by atoms with van der Waals surface area (Å²) in [5.41, 5.74) is 4.50. The number of ketones is 1. The molecule has 0 bridgehead atoms. The van der Waals surface area contributed by atoms with Gasteiger partial charge in [-0.3, -0.25) is 24.0 Å². The molecule has 0 aliphatic carbocycles. The number of urea groups is 1. The molecular weight excluding hydrogens is 540 g/mol. The zero-order chi connectivity index (χ0) is 32.4. The van der Waals surface area contributed by atoms with E-state index >= 15 is 0 Å². The number of hydrogen-bond donors (Lipinski definition) is 4. The van der Waals surface area contributed by atoms with Crippen LogP contribution in [0.4, 0.5) is 4.79 Å². The molecule has 0 spiro atoms. The lowest BCUT2D eigenvalue weighted by Gasteiger charge is -2.36. The van der Waals surface area contributed by atoms with Crippen LogP contribution >= 0.6 is 0 Å². The lowest BCUT2D eigenvalue weighted by atomic mass is 9.85. The molecule has 42 heavy (non-hydrogen) atoms. The van der Waals surface area contributed by atoms with Crippen LogP contribution in [-0.2, 0) is 24.0 Å². The second kappa shape index (κ2) is 16.5. The average molecular weight is 595 g/mol. The van der Waals surface area contributed by atoms with Crippen molar-refractivity contribution in [2.75, 3.05) is 19.6 Å². The van der Waals surface area contributed by atoms with Crippen molar-refractivity contribution in [2.45, 2.75) is 119 Å². The third-order valence-corrected chi connectivity index (χ3v) is 7.84. The number of primary amides is 1. The second-order valence-electron chi connectivity index (χ2n) is 12.8. The molecule has 1 aliphatic heterocycles. The summed E-state index contributed by atoms with van der Waals surface area (Å²) in [4.78, 5) is 80.8. The van der Waals surface area contributed by atoms with Gasteiger partial charge in [-0.15, -0.1) is 0 Å². The van der Waals surface area contributed by atoms with Gasteiger partial charge >= 0.3 is 6.03 Å². The fourth-order valence-electron chi connectivity index (χ4n) is 5.08. The molecule has 1 rings (SSSR count). The Bertz CT molecular complexity index is 978. The minimum absolute atomic E-state index is 0.0563. The maximum absolute atomic E-state index is 13.9. The summed E-state index contributed by atoms with van der Waals surface area (Å²) < 4.78 is 0. The summed E-state index contributed by atoms with van der Waals surface area (Å²) in [5, 5.41) is 8.20. The molecule has 0 aromatic rings. The van der Waals surface area contributed by atoms with Crippen LogP contribution in [0.5, 0.6) is 0 Å². The number of nitrogens with zero attached hydrogens (tertiary/aromatic N) is 2. The lowest BCUT2D eigenvalue weighted by molar-refractivity contribution is -0.143. The number of Topliss-reactive ketones (excluding diaryl/α,β-unsaturated/α-hetero) is 1. The molecular formula is C30H54N6O6. The molecule has 1 heterocycles. The number of hydrogen-bond acceptors (Lipinski definition) is 6. The van der Waals surface area contributed by atoms with E-state index in [1.807, 2.05) is 41.5 Å². The van der Waals surface area contributed by atoms with Crippen molar-refractivity contribution in [3.05, 3.63) is 0 Å². The topological polar surface area (TPSA) is 171 Å². The monoisotopic (exact) mass is 594 g/mol. The van der Waals surface area contributed by atoms with Crippen molar-refractivity contribution >= 4 is 35.4 Å². The molecule has 0 aromatic heterocycles. The summed E-state index contributed by atoms with van der Waals surface area (Å²) in [7, 11) is 0. The Morgan fingerprint density at radius 1 is 0.976 bits per heavy atom. The molecule has 12 heteroatoms. The zero-order valence-corrected chi connectivity index (χ0v) is 27.0. The number of nitrogens with one attached hydrogen (secondary N) is 3. The van der Waals surface area contributed by atoms with E-state index in [1.54, 1.807) is 25.7 Å². The molecule has 6 amide bonds. The predicted molar refractivity (Wildman–Crippen MR) is 161 cm³/mol. The third kappa shape index (κ3) is 10.3. The minimum atomic E-state index is -1.12. The minimum Gasteiger partial charge on any atom is -0.363 e. The molecule has 1 saturated heterocycles. The second-order valence-corrected chi connectivity index (χ2v) is 12.8. The summed E-state index contributed by atoms with van der Waals surface area (Å²) in [6.45, 7) is 18.2. The van der Waals surface area contributed by atoms with E-state index in [1.165, 1.54) is 4.90 Å². The van der Waals surface area contributed by atoms with E-state index in [0.717, 1.165) is 12.8 Å². The van der Waals surface area contributed by atoms with Crippen LogP contribution in [-0.4, -0.2) is 89.0 Å². The fraction of sp³-hybridized carbons (Fsp3) is 0.800. The van der Waals surface area contributed by atoms with Crippen molar-refractivity contribution in [1.29, 1.82) is 0 Å². The normalized spacial score (nSPS) is 18.0. The van der Waals surface area contributed by atoms with Gasteiger partial charge in [0.15, 0.2) is 0 Å². The van der Waals surface area contributed by atoms with Gasteiger partial charge < -0.3 is 31.5 Å². The van der Waals surface area contributed by atoms with Crippen molar-refractivity contribution in [3.63, 3.8) is 0 Å². The van der Waals surface area contributed by atoms with Crippen molar-refractivity contribution in [1.82, 2.24) is 25.8 Å². The van der Waals surface area contributed by atoms with Crippen LogP contribution in [0.15, 0.2) is 0 Å². The van der Waals surface area contributed by atoms with Crippen molar-refractivity contribution in [3.8, 4) is 0 Å². The van der Waals surface area contributed by atoms with Gasteiger partial charge in [0, 0.05) is 19.6 Å². The largest absolute Gasteiger partial charge is 0.363 e. The fourth-order valence-corrected chi connectivity index (χ4v) is 5.08. The molecule has 1 fully saturated rings. The zero-order valence-electron chi connectivity index (χ0n) is 27.0. The summed E-state index contributed by atoms with van der Waals surface area (Å²) in [5.74, 6) is -3.29. The van der Waals surface area contributed by atoms with E-state index in [2.05, 4.69) is 16.0 Å². The van der Waals surface area contributed by atoms with E-state index < -0.39 is 59.1 Å². The summed E-state index contributed by atoms with van der Waals surface area (Å²) >= 11 is 0. The van der Waals surface area contributed by atoms with Crippen LogP contribution < -0.4 is 21.7 Å². The standard InChI is InChI=1S/C30H54N6O6/c1-10-15-35(12-3)27(40)22(18(4)5)33-29(42)34-24(30(7,8)9)28(41)36-16-13-14-21(36)26(39)32-20(17-19(6)11-2)23(37)25(31)38/h18-22,24H,10-17H2,1-9H3,(H2,31,38)(H,32,39)(H2,33,34,42). The molecule has 0 radical (unpaired) electrons. The van der Waals surface area contributed by atoms with Crippen LogP contribution in [0, 0.1) is 17.3 Å². The van der Waals surface area contributed by atoms with E-state index in [0.29, 0.717) is 32.5 Å². The maximum atomic E-state index is 13.9. The first-order valence-corrected chi connectivity index (χ1v) is 15.3. The van der Waals surface area contributed by atoms with Gasteiger partial charge in [-0.1, -0.05) is 61.8 Å². The van der Waals surface area contributed by atoms with Crippen LogP contribution in [0.1, 0.15) is 94.4 Å². The Balaban J connectivity index is 3.14. The van der Waals surface area contributed by atoms with Gasteiger partial charge in [0.2, 0.25) is 23.5 Å². The number of rotatable bonds is 15. The molecule has 1 aliphatic rings. The average Bonchev–Trinajstić information content (AvgIpc) is 3.41. The Kier molecular flexibility index (Phi) is 14.4. The van der Waals surface area contributed by atoms with Crippen molar-refractivity contribution in [2.24, 2.45) is 23.0 Å². The summed E-state index contributed by atoms with van der Waals surface area (Å²) in [6.07, 6.45) is 2.71. The Morgan fingerprint density at radius 2 is 1.60 bits per heavy atom. The van der Waals surface area contributed by atoms with E-state index in [4.69, 9.17) is 5.73 Å². The van der Waals surface area contributed by atoms with Crippen molar-refractivity contribution < 1.29 is 28.8 Å². The first-order chi connectivity index (χ1) is 19.5. The first kappa shape index (κ1) is 36.8. The van der Waals surface area contributed by atoms with Crippen LogP contribution in [0.3, 0.4) is 0 Å². The third-order valence-electron chi connectivity index (χ3n) is 7.84. The molecule has 12 nitrogen and oxygen atoms in total. The smallest absolute Gasteiger partial charge is 0.316 e. The Labute approximate surface area is 251 Å². The number of nitrogens with two attached hydrogens (primary N) is 1. The quantitative estimate of drug-likeness (QED) is 0.211. The van der Waals surface area contributed by atoms with E-state index in [-0.39, 0.29) is 24.2 Å². The maximum Gasteiger partial charge on any atom is 0.316 e. The van der Waals surface area contributed by atoms with Crippen LogP contribution in [0.2, 0.25) is 0 Å². The van der Waals surface area contributed by atoms with Gasteiger partial charge in [0.1, 0.15) is 18.1 Å². The van der Waals surface area contributed by atoms with Gasteiger partial charge in [-0.2, -0.15) is 0 Å². The number of likely N-dealkylation sites (N-methyl/N-ethyl adjacent to an activating group) is 1. The Hall–Kier alpha value is -3.18. The molecule has 5 atom stereocenters. The van der Waals surface area contributed by atoms with Crippen LogP contribution in [0.25, 0.3) is 0 Å². The molecule has 5 unspecified atom stereocenters. The predicted octanol–water partition coefficient (Wildman–Crippen LogP) is 1.95. The number of likely N-dealkylation sites (tertiary alicyclic amines) is 1. The highest BCUT2D eigenvalue weighted by Crippen LogP contribution is 2.26. The van der Waals surface area contributed by atoms with E-state index in [9.17, 15) is 28.8 Å². The highest BCUT2D eigenvalue weighted by atomic mass is 16.2. The SMILES string of the molecule is CCCN(CC)C(=O)C(NC(=O)NC(C(=O)N1CCCC1C(=O)NC(CC(C)CC)C(=O)C(N)=O)C(C)(C)C)C(C)C. The molecule has 0 aromatic carbocycles. The molecule has 5 N–H and O–H groups in total. The molecule has 0 saturated carbocycles. The van der Waals surface area contributed by atoms with Gasteiger partial charge in [-0.25, -0.2) is 4.79 Å². The highest BCUT2D eigenvalue weighted by molar-refractivity contribution is 6.37. The lowest BCUT2D eigenvalue weighted by Crippen LogP contribution is -2.61. The molecule has 240 valence electrons. The highest BCUT2D eigenvalue weighted by Gasteiger charge is 2.43. The number of carbonyl (C=O) groups excluding carboxylic acids is 6. The Morgan fingerprint density at radius 3 is 2.07 bits per heavy atom. The first-order valence-electron chi connectivity index (χ1n) is 15.3. The summed E-state index contributed by atoms with van der Waals surface area (Å²) in [6, 6.07) is -4.38. The number of amides is 6. The van der Waals surface area contributed by atoms with Gasteiger partial charge in [0.05, 0.1) is 6.04 Å². The van der Waals surface area contributed by atoms with Gasteiger partial charge in [0.25, 0.3) is 5.91 Å².